The first-order valence-electron chi connectivity index (χ1n) is 9.91. The molecule has 0 atom stereocenters. The van der Waals surface area contributed by atoms with Crippen molar-refractivity contribution in [1.82, 2.24) is 9.78 Å². The van der Waals surface area contributed by atoms with Gasteiger partial charge < -0.3 is 5.32 Å². The molecule has 2 aromatic carbocycles. The summed E-state index contributed by atoms with van der Waals surface area (Å²) >= 11 is 0. The summed E-state index contributed by atoms with van der Waals surface area (Å²) in [4.78, 5) is 12.2. The van der Waals surface area contributed by atoms with E-state index in [-0.39, 0.29) is 12.5 Å². The second kappa shape index (κ2) is 9.20. The molecule has 0 saturated heterocycles. The van der Waals surface area contributed by atoms with Gasteiger partial charge in [-0.1, -0.05) is 50.2 Å². The van der Waals surface area contributed by atoms with E-state index in [2.05, 4.69) is 24.3 Å². The van der Waals surface area contributed by atoms with E-state index in [1.54, 1.807) is 29.8 Å². The number of amides is 1. The third kappa shape index (κ3) is 6.07. The minimum absolute atomic E-state index is 0.170. The quantitative estimate of drug-likeness (QED) is 0.488. The number of hydrogen-bond acceptors (Lipinski definition) is 2. The average Bonchev–Trinajstić information content (AvgIpc) is 3.04. The highest BCUT2D eigenvalue weighted by Crippen LogP contribution is 2.29. The van der Waals surface area contributed by atoms with Crippen LogP contribution < -0.4 is 5.32 Å². The van der Waals surface area contributed by atoms with Crippen molar-refractivity contribution in [2.24, 2.45) is 0 Å². The average molecular weight is 427 g/mol. The standard InChI is InChI=1S/C24H24F3N3O/c1-16(2)20-10-7-18(8-11-20)9-12-23(31)28-22-13-17(3)30(29-22)15-19-5-4-6-21(14-19)24(25,26)27/h4-14,16H,15H2,1-3H3,(H,28,29,31)/b12-9+. The molecular formula is C24H24F3N3O. The molecule has 1 N–H and O–H groups in total. The number of nitrogens with one attached hydrogen (secondary N) is 1. The number of carbonyl (C=O) groups is 1. The Morgan fingerprint density at radius 3 is 2.48 bits per heavy atom. The number of carbonyl (C=O) groups excluding carboxylic acids is 1. The molecule has 1 heterocycles. The molecule has 0 fully saturated rings. The van der Waals surface area contributed by atoms with Crippen LogP contribution >= 0.6 is 0 Å². The maximum Gasteiger partial charge on any atom is 0.416 e. The van der Waals surface area contributed by atoms with Crippen molar-refractivity contribution in [3.8, 4) is 0 Å². The van der Waals surface area contributed by atoms with E-state index in [4.69, 9.17) is 0 Å². The molecule has 3 rings (SSSR count). The monoisotopic (exact) mass is 427 g/mol. The van der Waals surface area contributed by atoms with Gasteiger partial charge >= 0.3 is 6.18 Å². The minimum Gasteiger partial charge on any atom is -0.306 e. The van der Waals surface area contributed by atoms with Gasteiger partial charge in [-0.15, -0.1) is 0 Å². The van der Waals surface area contributed by atoms with E-state index in [0.29, 0.717) is 17.3 Å². The molecule has 0 aliphatic carbocycles. The van der Waals surface area contributed by atoms with Crippen LogP contribution in [0.15, 0.2) is 60.7 Å². The fourth-order valence-electron chi connectivity index (χ4n) is 3.08. The molecule has 3 aromatic rings. The number of rotatable bonds is 6. The molecular weight excluding hydrogens is 403 g/mol. The first-order valence-corrected chi connectivity index (χ1v) is 9.91. The zero-order chi connectivity index (χ0) is 22.6. The Labute approximate surface area is 179 Å². The van der Waals surface area contributed by atoms with Crippen LogP contribution in [0.3, 0.4) is 0 Å². The number of alkyl halides is 3. The molecule has 0 spiro atoms. The summed E-state index contributed by atoms with van der Waals surface area (Å²) in [6.45, 7) is 6.19. The molecule has 0 aliphatic heterocycles. The Morgan fingerprint density at radius 2 is 1.84 bits per heavy atom. The predicted octanol–water partition coefficient (Wildman–Crippen LogP) is 6.03. The first-order chi connectivity index (χ1) is 14.6. The van der Waals surface area contributed by atoms with Crippen LogP contribution in [0.25, 0.3) is 6.08 Å². The summed E-state index contributed by atoms with van der Waals surface area (Å²) in [7, 11) is 0. The third-order valence-electron chi connectivity index (χ3n) is 4.85. The van der Waals surface area contributed by atoms with Gasteiger partial charge in [-0.05, 0) is 47.7 Å². The van der Waals surface area contributed by atoms with E-state index in [0.717, 1.165) is 23.4 Å². The lowest BCUT2D eigenvalue weighted by Crippen LogP contribution is -2.10. The molecule has 0 bridgehead atoms. The maximum atomic E-state index is 12.9. The molecule has 0 unspecified atom stereocenters. The van der Waals surface area contributed by atoms with Gasteiger partial charge in [-0.2, -0.15) is 18.3 Å². The van der Waals surface area contributed by atoms with Crippen molar-refractivity contribution in [1.29, 1.82) is 0 Å². The van der Waals surface area contributed by atoms with Crippen molar-refractivity contribution < 1.29 is 18.0 Å². The molecule has 31 heavy (non-hydrogen) atoms. The summed E-state index contributed by atoms with van der Waals surface area (Å²) < 4.78 is 40.3. The normalized spacial score (nSPS) is 12.0. The van der Waals surface area contributed by atoms with Gasteiger partial charge in [0, 0.05) is 17.8 Å². The molecule has 7 heteroatoms. The van der Waals surface area contributed by atoms with Gasteiger partial charge in [0.05, 0.1) is 12.1 Å². The Balaban J connectivity index is 1.65. The Hall–Kier alpha value is -3.35. The predicted molar refractivity (Wildman–Crippen MR) is 116 cm³/mol. The van der Waals surface area contributed by atoms with Crippen LogP contribution in [-0.4, -0.2) is 15.7 Å². The largest absolute Gasteiger partial charge is 0.416 e. The number of benzene rings is 2. The van der Waals surface area contributed by atoms with Gasteiger partial charge in [0.2, 0.25) is 5.91 Å². The second-order valence-corrected chi connectivity index (χ2v) is 7.67. The molecule has 4 nitrogen and oxygen atoms in total. The number of hydrogen-bond donors (Lipinski definition) is 1. The first kappa shape index (κ1) is 22.3. The Bertz CT molecular complexity index is 1080. The lowest BCUT2D eigenvalue weighted by atomic mass is 10.0. The zero-order valence-corrected chi connectivity index (χ0v) is 17.6. The smallest absolute Gasteiger partial charge is 0.306 e. The fraction of sp³-hybridized carbons (Fsp3) is 0.250. The lowest BCUT2D eigenvalue weighted by molar-refractivity contribution is -0.137. The topological polar surface area (TPSA) is 46.9 Å². The number of aromatic nitrogens is 2. The number of anilines is 1. The highest BCUT2D eigenvalue weighted by Gasteiger charge is 2.30. The van der Waals surface area contributed by atoms with E-state index in [1.807, 2.05) is 24.3 Å². The van der Waals surface area contributed by atoms with E-state index in [9.17, 15) is 18.0 Å². The number of aryl methyl sites for hydroxylation is 1. The summed E-state index contributed by atoms with van der Waals surface area (Å²) in [6, 6.07) is 14.8. The summed E-state index contributed by atoms with van der Waals surface area (Å²) in [5, 5.41) is 6.98. The summed E-state index contributed by atoms with van der Waals surface area (Å²) in [5.41, 5.74) is 2.63. The van der Waals surface area contributed by atoms with Crippen LogP contribution in [0, 0.1) is 6.92 Å². The van der Waals surface area contributed by atoms with Crippen molar-refractivity contribution in [3.63, 3.8) is 0 Å². The number of nitrogens with zero attached hydrogens (tertiary/aromatic N) is 2. The van der Waals surface area contributed by atoms with Gasteiger partial charge in [0.15, 0.2) is 5.82 Å². The minimum atomic E-state index is -4.39. The van der Waals surface area contributed by atoms with Crippen LogP contribution in [0.1, 0.15) is 47.7 Å². The highest BCUT2D eigenvalue weighted by atomic mass is 19.4. The van der Waals surface area contributed by atoms with Crippen molar-refractivity contribution in [3.05, 3.63) is 88.6 Å². The van der Waals surface area contributed by atoms with Crippen molar-refractivity contribution >= 4 is 17.8 Å². The Kier molecular flexibility index (Phi) is 6.63. The van der Waals surface area contributed by atoms with Crippen LogP contribution in [0.4, 0.5) is 19.0 Å². The van der Waals surface area contributed by atoms with Gasteiger partial charge in [-0.3, -0.25) is 9.48 Å². The SMILES string of the molecule is Cc1cc(NC(=O)/C=C/c2ccc(C(C)C)cc2)nn1Cc1cccc(C(F)(F)F)c1. The third-order valence-corrected chi connectivity index (χ3v) is 4.85. The summed E-state index contributed by atoms with van der Waals surface area (Å²) in [5.74, 6) is 0.446. The van der Waals surface area contributed by atoms with E-state index >= 15 is 0 Å². The Morgan fingerprint density at radius 1 is 1.13 bits per heavy atom. The summed E-state index contributed by atoms with van der Waals surface area (Å²) in [6.07, 6.45) is -1.26. The van der Waals surface area contributed by atoms with Gasteiger partial charge in [-0.25, -0.2) is 0 Å². The van der Waals surface area contributed by atoms with Crippen LogP contribution in [-0.2, 0) is 17.5 Å². The molecule has 1 aromatic heterocycles. The van der Waals surface area contributed by atoms with E-state index in [1.165, 1.54) is 17.7 Å². The van der Waals surface area contributed by atoms with Crippen molar-refractivity contribution in [2.45, 2.75) is 39.4 Å². The van der Waals surface area contributed by atoms with Gasteiger partial charge in [0.1, 0.15) is 0 Å². The molecule has 1 amide bonds. The van der Waals surface area contributed by atoms with Crippen LogP contribution in [0.5, 0.6) is 0 Å². The van der Waals surface area contributed by atoms with Crippen molar-refractivity contribution in [2.75, 3.05) is 5.32 Å². The highest BCUT2D eigenvalue weighted by molar-refractivity contribution is 6.01. The van der Waals surface area contributed by atoms with Gasteiger partial charge in [0.25, 0.3) is 0 Å². The molecule has 162 valence electrons. The fourth-order valence-corrected chi connectivity index (χ4v) is 3.08. The number of halogens is 3. The maximum absolute atomic E-state index is 12.9. The lowest BCUT2D eigenvalue weighted by Gasteiger charge is -2.09. The zero-order valence-electron chi connectivity index (χ0n) is 17.6. The second-order valence-electron chi connectivity index (χ2n) is 7.67. The molecule has 0 saturated carbocycles. The molecule has 0 radical (unpaired) electrons. The van der Waals surface area contributed by atoms with E-state index < -0.39 is 11.7 Å². The van der Waals surface area contributed by atoms with Crippen LogP contribution in [0.2, 0.25) is 0 Å². The molecule has 0 aliphatic rings.